The van der Waals surface area contributed by atoms with Crippen LogP contribution in [-0.2, 0) is 48.0 Å². The van der Waals surface area contributed by atoms with E-state index in [1.165, 1.54) is 7.11 Å². The molecule has 2 rings (SSSR count). The monoisotopic (exact) mass is 600 g/mol. The van der Waals surface area contributed by atoms with Crippen LogP contribution in [0.4, 0.5) is 9.59 Å². The Kier molecular flexibility index (Phi) is 13.0. The number of hydrogen-bond donors (Lipinski definition) is 2. The first-order chi connectivity index (χ1) is 19.6. The molecule has 0 fully saturated rings. The fourth-order valence-corrected chi connectivity index (χ4v) is 4.44. The van der Waals surface area contributed by atoms with Gasteiger partial charge in [0, 0.05) is 20.9 Å². The molecule has 0 bridgehead atoms. The Bertz CT molecular complexity index is 1170. The molecule has 0 saturated carbocycles. The molecule has 0 aliphatic heterocycles. The fourth-order valence-electron chi connectivity index (χ4n) is 3.72. The lowest BCUT2D eigenvalue weighted by atomic mass is 10.0. The molecule has 10 nitrogen and oxygen atoms in total. The van der Waals surface area contributed by atoms with Crippen LogP contribution in [0.3, 0.4) is 0 Å². The van der Waals surface area contributed by atoms with Gasteiger partial charge in [0.15, 0.2) is 0 Å². The van der Waals surface area contributed by atoms with E-state index in [2.05, 4.69) is 30.3 Å². The zero-order valence-electron chi connectivity index (χ0n) is 25.7. The van der Waals surface area contributed by atoms with E-state index in [1.807, 2.05) is 30.3 Å². The first kappa shape index (κ1) is 34.3. The molecular weight excluding hydrogens is 556 g/mol. The lowest BCUT2D eigenvalue weighted by molar-refractivity contribution is -0.147. The molecular formula is C31H44N2O8Si. The first-order valence-electron chi connectivity index (χ1n) is 13.9. The van der Waals surface area contributed by atoms with E-state index in [1.54, 1.807) is 45.0 Å². The van der Waals surface area contributed by atoms with Crippen LogP contribution in [0.25, 0.3) is 0 Å². The van der Waals surface area contributed by atoms with Gasteiger partial charge in [0.2, 0.25) is 0 Å². The first-order valence-corrected chi connectivity index (χ1v) is 17.6. The van der Waals surface area contributed by atoms with Crippen molar-refractivity contribution in [2.24, 2.45) is 0 Å². The average molecular weight is 601 g/mol. The van der Waals surface area contributed by atoms with Crippen molar-refractivity contribution in [3.8, 4) is 0 Å². The van der Waals surface area contributed by atoms with Crippen LogP contribution < -0.4 is 10.6 Å². The van der Waals surface area contributed by atoms with Gasteiger partial charge < -0.3 is 29.6 Å². The summed E-state index contributed by atoms with van der Waals surface area (Å²) in [5.41, 5.74) is 1.57. The van der Waals surface area contributed by atoms with Crippen LogP contribution in [0, 0.1) is 0 Å². The number of nitrogens with one attached hydrogen (secondary N) is 2. The molecule has 0 saturated heterocycles. The van der Waals surface area contributed by atoms with Crippen molar-refractivity contribution in [1.82, 2.24) is 10.6 Å². The van der Waals surface area contributed by atoms with Crippen molar-refractivity contribution < 1.29 is 38.1 Å². The largest absolute Gasteiger partial charge is 0.467 e. The Morgan fingerprint density at radius 1 is 0.738 bits per heavy atom. The summed E-state index contributed by atoms with van der Waals surface area (Å²) < 4.78 is 21.0. The molecule has 0 radical (unpaired) electrons. The number of esters is 2. The van der Waals surface area contributed by atoms with Crippen molar-refractivity contribution in [2.45, 2.75) is 83.6 Å². The Morgan fingerprint density at radius 3 is 1.76 bits per heavy atom. The minimum atomic E-state index is -1.37. The second-order valence-corrected chi connectivity index (χ2v) is 17.8. The summed E-state index contributed by atoms with van der Waals surface area (Å²) in [7, 11) is -0.119. The minimum absolute atomic E-state index is 0.0631. The number of ether oxygens (including phenoxy) is 4. The third-order valence-electron chi connectivity index (χ3n) is 5.97. The van der Waals surface area contributed by atoms with Gasteiger partial charge >= 0.3 is 24.1 Å². The van der Waals surface area contributed by atoms with Crippen molar-refractivity contribution in [2.75, 3.05) is 13.7 Å². The molecule has 230 valence electrons. The number of carbonyl (C=O) groups is 4. The standard InChI is InChI=1S/C31H44N2O8Si/c1-31(2,3)41-30(37)33-26(28(35)40-21-24-11-9-8-10-12-24)20-23-15-13-22(14-16-23)19-25(27(34)38-4)32-29(36)39-17-18-42(5,6)7/h8-16,25-26H,17-21H2,1-7H3,(H,32,36)(H,33,37)/t25-,26+/m0/s1. The predicted octanol–water partition coefficient (Wildman–Crippen LogP) is 5.01. The highest BCUT2D eigenvalue weighted by Gasteiger charge is 2.27. The minimum Gasteiger partial charge on any atom is -0.467 e. The number of amides is 2. The summed E-state index contributed by atoms with van der Waals surface area (Å²) in [6.45, 7) is 12.1. The van der Waals surface area contributed by atoms with Crippen molar-refractivity contribution in [3.05, 3.63) is 71.3 Å². The second kappa shape index (κ2) is 16.0. The predicted molar refractivity (Wildman–Crippen MR) is 162 cm³/mol. The van der Waals surface area contributed by atoms with Gasteiger partial charge in [0.05, 0.1) is 13.7 Å². The average Bonchev–Trinajstić information content (AvgIpc) is 2.90. The molecule has 2 amide bonds. The number of carbonyl (C=O) groups excluding carboxylic acids is 4. The molecule has 2 aromatic carbocycles. The molecule has 0 spiro atoms. The number of rotatable bonds is 13. The van der Waals surface area contributed by atoms with Gasteiger partial charge in [-0.15, -0.1) is 0 Å². The highest BCUT2D eigenvalue weighted by atomic mass is 28.3. The van der Waals surface area contributed by atoms with E-state index < -0.39 is 49.9 Å². The van der Waals surface area contributed by atoms with E-state index in [0.29, 0.717) is 0 Å². The van der Waals surface area contributed by atoms with Gasteiger partial charge in [-0.25, -0.2) is 19.2 Å². The van der Waals surface area contributed by atoms with Gasteiger partial charge in [-0.3, -0.25) is 0 Å². The van der Waals surface area contributed by atoms with Crippen molar-refractivity contribution in [3.63, 3.8) is 0 Å². The highest BCUT2D eigenvalue weighted by Crippen LogP contribution is 2.14. The summed E-state index contributed by atoms with van der Waals surface area (Å²) in [5, 5.41) is 5.21. The van der Waals surface area contributed by atoms with Crippen LogP contribution in [-0.4, -0.2) is 63.6 Å². The molecule has 0 aliphatic rings. The van der Waals surface area contributed by atoms with Gasteiger partial charge in [-0.05, 0) is 43.5 Å². The third kappa shape index (κ3) is 13.7. The Labute approximate surface area is 249 Å². The van der Waals surface area contributed by atoms with Crippen LogP contribution in [0.1, 0.15) is 37.5 Å². The van der Waals surface area contributed by atoms with Crippen LogP contribution in [0.15, 0.2) is 54.6 Å². The maximum absolute atomic E-state index is 13.0. The summed E-state index contributed by atoms with van der Waals surface area (Å²) in [5.74, 6) is -1.19. The zero-order valence-corrected chi connectivity index (χ0v) is 26.7. The smallest absolute Gasteiger partial charge is 0.408 e. The Morgan fingerprint density at radius 2 is 1.26 bits per heavy atom. The van der Waals surface area contributed by atoms with Crippen molar-refractivity contribution >= 4 is 32.2 Å². The number of hydrogen-bond acceptors (Lipinski definition) is 8. The van der Waals surface area contributed by atoms with Crippen LogP contribution >= 0.6 is 0 Å². The highest BCUT2D eigenvalue weighted by molar-refractivity contribution is 6.76. The van der Waals surface area contributed by atoms with E-state index >= 15 is 0 Å². The molecule has 11 heteroatoms. The quantitative estimate of drug-likeness (QED) is 0.186. The molecule has 0 heterocycles. The molecule has 0 aromatic heterocycles. The molecule has 42 heavy (non-hydrogen) atoms. The zero-order chi connectivity index (χ0) is 31.3. The molecule has 2 atom stereocenters. The van der Waals surface area contributed by atoms with Gasteiger partial charge in [-0.2, -0.15) is 0 Å². The van der Waals surface area contributed by atoms with Gasteiger partial charge in [0.25, 0.3) is 0 Å². The maximum Gasteiger partial charge on any atom is 0.408 e. The Balaban J connectivity index is 2.08. The van der Waals surface area contributed by atoms with Crippen LogP contribution in [0.5, 0.6) is 0 Å². The summed E-state index contributed by atoms with van der Waals surface area (Å²) in [4.78, 5) is 50.1. The number of methoxy groups -OCH3 is 1. The molecule has 0 unspecified atom stereocenters. The van der Waals surface area contributed by atoms with Crippen molar-refractivity contribution in [1.29, 1.82) is 0 Å². The lowest BCUT2D eigenvalue weighted by Gasteiger charge is -2.23. The van der Waals surface area contributed by atoms with Crippen LogP contribution in [0.2, 0.25) is 25.7 Å². The normalized spacial score (nSPS) is 12.8. The van der Waals surface area contributed by atoms with E-state index in [-0.39, 0.29) is 26.1 Å². The lowest BCUT2D eigenvalue weighted by Crippen LogP contribution is -2.45. The molecule has 2 N–H and O–H groups in total. The Hall–Kier alpha value is -3.86. The van der Waals surface area contributed by atoms with E-state index in [0.717, 1.165) is 22.7 Å². The summed E-state index contributed by atoms with van der Waals surface area (Å²) in [6.07, 6.45) is -1.08. The van der Waals surface area contributed by atoms with Gasteiger partial charge in [-0.1, -0.05) is 74.2 Å². The number of benzene rings is 2. The van der Waals surface area contributed by atoms with E-state index in [9.17, 15) is 19.2 Å². The molecule has 0 aliphatic carbocycles. The third-order valence-corrected chi connectivity index (χ3v) is 7.67. The SMILES string of the molecule is COC(=O)[C@H](Cc1ccc(C[C@@H](NC(=O)OC(C)(C)C)C(=O)OCc2ccccc2)cc1)NC(=O)OCC[Si](C)(C)C. The van der Waals surface area contributed by atoms with E-state index in [4.69, 9.17) is 18.9 Å². The maximum atomic E-state index is 13.0. The fraction of sp³-hybridized carbons (Fsp3) is 0.484. The number of alkyl carbamates (subject to hydrolysis) is 2. The topological polar surface area (TPSA) is 129 Å². The second-order valence-electron chi connectivity index (χ2n) is 12.2. The summed E-state index contributed by atoms with van der Waals surface area (Å²) >= 11 is 0. The molecule has 2 aromatic rings. The van der Waals surface area contributed by atoms with Gasteiger partial charge in [0.1, 0.15) is 24.3 Å². The summed E-state index contributed by atoms with van der Waals surface area (Å²) in [6, 6.07) is 15.2.